The number of rotatable bonds is 1. The van der Waals surface area contributed by atoms with Crippen LogP contribution in [0.3, 0.4) is 0 Å². The van der Waals surface area contributed by atoms with Gasteiger partial charge in [0.25, 0.3) is 0 Å². The molecule has 1 aliphatic heterocycles. The van der Waals surface area contributed by atoms with Gasteiger partial charge in [-0.05, 0) is 25.0 Å². The van der Waals surface area contributed by atoms with Crippen LogP contribution in [0.2, 0.25) is 0 Å². The summed E-state index contributed by atoms with van der Waals surface area (Å²) in [5.41, 5.74) is 5.22. The van der Waals surface area contributed by atoms with Gasteiger partial charge in [0.05, 0.1) is 17.4 Å². The third-order valence-electron chi connectivity index (χ3n) is 4.26. The summed E-state index contributed by atoms with van der Waals surface area (Å²) in [5.74, 6) is 6.54. The van der Waals surface area contributed by atoms with Crippen molar-refractivity contribution < 1.29 is 0 Å². The van der Waals surface area contributed by atoms with Gasteiger partial charge in [0.1, 0.15) is 0 Å². The molecular weight excluding hydrogens is 250 g/mol. The number of fused-ring (bicyclic) bond motifs is 1. The lowest BCUT2D eigenvalue weighted by Gasteiger charge is -2.37. The maximum absolute atomic E-state index is 5.74. The molecule has 0 amide bonds. The van der Waals surface area contributed by atoms with Crippen LogP contribution in [0.25, 0.3) is 0 Å². The van der Waals surface area contributed by atoms with Crippen LogP contribution in [0.15, 0.2) is 29.3 Å². The van der Waals surface area contributed by atoms with E-state index in [9.17, 15) is 0 Å². The fraction of sp³-hybridized carbons (Fsp3) is 0.533. The van der Waals surface area contributed by atoms with Crippen molar-refractivity contribution in [1.82, 2.24) is 5.43 Å². The van der Waals surface area contributed by atoms with Crippen molar-refractivity contribution in [3.8, 4) is 0 Å². The largest absolute Gasteiger partial charge is 0.371 e. The number of nitrogens with two attached hydrogens (primary N) is 1. The Morgan fingerprint density at radius 3 is 2.60 bits per heavy atom. The molecule has 1 fully saturated rings. The van der Waals surface area contributed by atoms with Gasteiger partial charge in [0, 0.05) is 20.1 Å². The van der Waals surface area contributed by atoms with Gasteiger partial charge >= 0.3 is 0 Å². The summed E-state index contributed by atoms with van der Waals surface area (Å²) in [4.78, 5) is 9.30. The Morgan fingerprint density at radius 1 is 1.20 bits per heavy atom. The maximum atomic E-state index is 5.74. The maximum Gasteiger partial charge on any atom is 0.213 e. The van der Waals surface area contributed by atoms with E-state index in [2.05, 4.69) is 46.5 Å². The number of nitrogens with zero attached hydrogens (tertiary/aromatic N) is 3. The van der Waals surface area contributed by atoms with Crippen molar-refractivity contribution in [3.63, 3.8) is 0 Å². The average Bonchev–Trinajstić information content (AvgIpc) is 2.99. The van der Waals surface area contributed by atoms with Gasteiger partial charge in [-0.25, -0.2) is 10.8 Å². The molecule has 0 radical (unpaired) electrons. The lowest BCUT2D eigenvalue weighted by molar-refractivity contribution is 0.691. The molecule has 0 spiro atoms. The molecule has 5 nitrogen and oxygen atoms in total. The summed E-state index contributed by atoms with van der Waals surface area (Å²) in [6.07, 6.45) is 4.93. The summed E-state index contributed by atoms with van der Waals surface area (Å²) >= 11 is 0. The van der Waals surface area contributed by atoms with Crippen LogP contribution in [0, 0.1) is 0 Å². The molecule has 0 bridgehead atoms. The number of hydrogen-bond acceptors (Lipinski definition) is 3. The third kappa shape index (κ3) is 2.45. The van der Waals surface area contributed by atoms with Crippen LogP contribution in [-0.2, 0) is 0 Å². The molecule has 2 aliphatic rings. The van der Waals surface area contributed by atoms with Crippen molar-refractivity contribution in [2.24, 2.45) is 10.8 Å². The highest BCUT2D eigenvalue weighted by Crippen LogP contribution is 2.32. The van der Waals surface area contributed by atoms with Gasteiger partial charge in [-0.15, -0.1) is 0 Å². The molecule has 3 N–H and O–H groups in total. The van der Waals surface area contributed by atoms with E-state index in [1.807, 2.05) is 0 Å². The van der Waals surface area contributed by atoms with Crippen molar-refractivity contribution in [1.29, 1.82) is 0 Å². The molecule has 0 aromatic heterocycles. The summed E-state index contributed by atoms with van der Waals surface area (Å²) in [7, 11) is 2.12. The van der Waals surface area contributed by atoms with E-state index in [-0.39, 0.29) is 0 Å². The minimum absolute atomic E-state index is 0.424. The highest BCUT2D eigenvalue weighted by atomic mass is 15.4. The first-order chi connectivity index (χ1) is 9.79. The van der Waals surface area contributed by atoms with E-state index in [4.69, 9.17) is 10.8 Å². The summed E-state index contributed by atoms with van der Waals surface area (Å²) in [6.45, 7) is 1.88. The normalized spacial score (nSPS) is 20.2. The van der Waals surface area contributed by atoms with Gasteiger partial charge < -0.3 is 9.80 Å². The van der Waals surface area contributed by atoms with Gasteiger partial charge in [-0.1, -0.05) is 25.0 Å². The molecule has 0 unspecified atom stereocenters. The molecule has 1 aliphatic carbocycles. The molecule has 1 saturated carbocycles. The number of hydrazine groups is 1. The van der Waals surface area contributed by atoms with Crippen molar-refractivity contribution in [2.75, 3.05) is 29.9 Å². The zero-order valence-electron chi connectivity index (χ0n) is 12.0. The first kappa shape index (κ1) is 13.2. The Morgan fingerprint density at radius 2 is 1.90 bits per heavy atom. The standard InChI is InChI=1S/C15H23N5/c1-19-10-11-20(14-9-5-4-8-13(14)19)15(18-16)17-12-6-2-3-7-12/h4-5,8-9,12H,2-3,6-7,10-11,16H2,1H3,(H,17,18). The van der Waals surface area contributed by atoms with E-state index >= 15 is 0 Å². The Hall–Kier alpha value is -1.75. The number of benzene rings is 1. The van der Waals surface area contributed by atoms with E-state index < -0.39 is 0 Å². The molecule has 1 aromatic rings. The van der Waals surface area contributed by atoms with Crippen LogP contribution in [0.5, 0.6) is 0 Å². The zero-order valence-corrected chi connectivity index (χ0v) is 12.0. The number of aliphatic imine (C=N–C) groups is 1. The molecule has 108 valence electrons. The van der Waals surface area contributed by atoms with Crippen LogP contribution in [-0.4, -0.2) is 32.1 Å². The van der Waals surface area contributed by atoms with Gasteiger partial charge in [-0.2, -0.15) is 0 Å². The number of hydrogen-bond donors (Lipinski definition) is 2. The minimum atomic E-state index is 0.424. The van der Waals surface area contributed by atoms with Crippen LogP contribution >= 0.6 is 0 Å². The molecule has 0 saturated heterocycles. The fourth-order valence-corrected chi connectivity index (χ4v) is 3.12. The smallest absolute Gasteiger partial charge is 0.213 e. The molecule has 20 heavy (non-hydrogen) atoms. The second-order valence-corrected chi connectivity index (χ2v) is 5.60. The molecule has 3 rings (SSSR count). The van der Waals surface area contributed by atoms with Gasteiger partial charge in [0.15, 0.2) is 0 Å². The van der Waals surface area contributed by atoms with Crippen LogP contribution in [0.1, 0.15) is 25.7 Å². The lowest BCUT2D eigenvalue weighted by atomic mass is 10.2. The van der Waals surface area contributed by atoms with E-state index in [1.54, 1.807) is 0 Å². The lowest BCUT2D eigenvalue weighted by Crippen LogP contribution is -2.50. The highest BCUT2D eigenvalue weighted by molar-refractivity contribution is 5.99. The van der Waals surface area contributed by atoms with Gasteiger partial charge in [-0.3, -0.25) is 5.43 Å². The monoisotopic (exact) mass is 273 g/mol. The summed E-state index contributed by atoms with van der Waals surface area (Å²) < 4.78 is 0. The number of para-hydroxylation sites is 2. The minimum Gasteiger partial charge on any atom is -0.371 e. The molecule has 1 aromatic carbocycles. The molecule has 1 heterocycles. The Labute approximate surface area is 120 Å². The van der Waals surface area contributed by atoms with Crippen molar-refractivity contribution in [3.05, 3.63) is 24.3 Å². The zero-order chi connectivity index (χ0) is 13.9. The first-order valence-corrected chi connectivity index (χ1v) is 7.41. The third-order valence-corrected chi connectivity index (χ3v) is 4.26. The predicted molar refractivity (Wildman–Crippen MR) is 84.1 cm³/mol. The number of guanidine groups is 1. The summed E-state index contributed by atoms with van der Waals surface area (Å²) in [5, 5.41) is 0. The predicted octanol–water partition coefficient (Wildman–Crippen LogP) is 1.70. The van der Waals surface area contributed by atoms with Crippen LogP contribution < -0.4 is 21.1 Å². The van der Waals surface area contributed by atoms with Crippen LogP contribution in [0.4, 0.5) is 11.4 Å². The second-order valence-electron chi connectivity index (χ2n) is 5.60. The van der Waals surface area contributed by atoms with Gasteiger partial charge in [0.2, 0.25) is 5.96 Å². The molecular formula is C15H23N5. The number of anilines is 2. The van der Waals surface area contributed by atoms with Crippen molar-refractivity contribution in [2.45, 2.75) is 31.7 Å². The van der Waals surface area contributed by atoms with Crippen molar-refractivity contribution >= 4 is 17.3 Å². The SMILES string of the molecule is CN1CCN(C(=NC2CCCC2)NN)c2ccccc21. The Kier molecular flexibility index (Phi) is 3.78. The van der Waals surface area contributed by atoms with E-state index in [1.165, 1.54) is 37.1 Å². The molecule has 5 heteroatoms. The van der Waals surface area contributed by atoms with E-state index in [0.717, 1.165) is 19.0 Å². The van der Waals surface area contributed by atoms with E-state index in [0.29, 0.717) is 6.04 Å². The summed E-state index contributed by atoms with van der Waals surface area (Å²) in [6, 6.07) is 8.84. The Balaban J connectivity index is 1.90. The fourth-order valence-electron chi connectivity index (χ4n) is 3.12. The number of nitrogens with one attached hydrogen (secondary N) is 1. The first-order valence-electron chi connectivity index (χ1n) is 7.41. The quantitative estimate of drug-likeness (QED) is 0.354. The average molecular weight is 273 g/mol. The topological polar surface area (TPSA) is 56.9 Å². The molecule has 0 atom stereocenters. The second kappa shape index (κ2) is 5.71. The highest BCUT2D eigenvalue weighted by Gasteiger charge is 2.24. The Bertz CT molecular complexity index is 493. The number of likely N-dealkylation sites (N-methyl/N-ethyl adjacent to an activating group) is 1.